The van der Waals surface area contributed by atoms with Crippen LogP contribution in [0.25, 0.3) is 0 Å². The van der Waals surface area contributed by atoms with Gasteiger partial charge in [0.15, 0.2) is 0 Å². The lowest BCUT2D eigenvalue weighted by Gasteiger charge is -2.12. The summed E-state index contributed by atoms with van der Waals surface area (Å²) in [6.45, 7) is 10.7. The van der Waals surface area contributed by atoms with E-state index in [1.54, 1.807) is 13.8 Å². The highest BCUT2D eigenvalue weighted by Gasteiger charge is 2.11. The minimum Gasteiger partial charge on any atom is -0.378 e. The van der Waals surface area contributed by atoms with E-state index in [0.29, 0.717) is 46.2 Å². The lowest BCUT2D eigenvalue weighted by molar-refractivity contribution is -0.124. The van der Waals surface area contributed by atoms with Crippen LogP contribution in [0.2, 0.25) is 0 Å². The molecule has 7 nitrogen and oxygen atoms in total. The van der Waals surface area contributed by atoms with Crippen molar-refractivity contribution >= 4 is 5.91 Å². The molecule has 0 radical (unpaired) electrons. The Morgan fingerprint density at radius 1 is 0.920 bits per heavy atom. The molecule has 2 N–H and O–H groups in total. The first-order valence-corrected chi connectivity index (χ1v) is 9.01. The fourth-order valence-corrected chi connectivity index (χ4v) is 1.67. The molecular formula is C17H35FN2O5. The summed E-state index contributed by atoms with van der Waals surface area (Å²) in [5.41, 5.74) is 0. The minimum atomic E-state index is -1.21. The van der Waals surface area contributed by atoms with Gasteiger partial charge in [0.25, 0.3) is 0 Å². The molecule has 1 unspecified atom stereocenters. The highest BCUT2D eigenvalue weighted by atomic mass is 19.1. The number of ether oxygens (including phenoxy) is 4. The molecule has 0 saturated carbocycles. The Morgan fingerprint density at radius 2 is 1.44 bits per heavy atom. The van der Waals surface area contributed by atoms with Gasteiger partial charge in [-0.3, -0.25) is 4.79 Å². The maximum absolute atomic E-state index is 13.5. The maximum atomic E-state index is 13.5. The zero-order chi connectivity index (χ0) is 18.8. The van der Waals surface area contributed by atoms with Gasteiger partial charge in [-0.15, -0.1) is 0 Å². The molecule has 0 rings (SSSR count). The quantitative estimate of drug-likeness (QED) is 0.349. The second-order valence-electron chi connectivity index (χ2n) is 5.76. The summed E-state index contributed by atoms with van der Waals surface area (Å²) in [6.07, 6.45) is -1.21. The van der Waals surface area contributed by atoms with E-state index < -0.39 is 6.17 Å². The van der Waals surface area contributed by atoms with E-state index in [1.165, 1.54) is 0 Å². The van der Waals surface area contributed by atoms with E-state index >= 15 is 0 Å². The summed E-state index contributed by atoms with van der Waals surface area (Å²) in [6, 6.07) is 0. The van der Waals surface area contributed by atoms with E-state index in [4.69, 9.17) is 18.9 Å². The summed E-state index contributed by atoms with van der Waals surface area (Å²) in [5.74, 6) is -0.303. The smallest absolute Gasteiger partial charge is 0.222 e. The lowest BCUT2D eigenvalue weighted by atomic mass is 10.2. The van der Waals surface area contributed by atoms with Crippen LogP contribution in [0.5, 0.6) is 0 Å². The van der Waals surface area contributed by atoms with Crippen molar-refractivity contribution in [3.8, 4) is 0 Å². The molecule has 1 atom stereocenters. The fourth-order valence-electron chi connectivity index (χ4n) is 1.67. The number of carbonyl (C=O) groups is 1. The summed E-state index contributed by atoms with van der Waals surface area (Å²) in [7, 11) is 0. The van der Waals surface area contributed by atoms with Crippen LogP contribution in [0.15, 0.2) is 0 Å². The molecule has 1 amide bonds. The summed E-state index contributed by atoms with van der Waals surface area (Å²) in [5, 5.41) is 5.69. The molecule has 0 aromatic carbocycles. The van der Waals surface area contributed by atoms with E-state index in [1.807, 2.05) is 0 Å². The molecule has 0 aliphatic rings. The molecular weight excluding hydrogens is 331 g/mol. The van der Waals surface area contributed by atoms with Crippen molar-refractivity contribution in [1.29, 1.82) is 0 Å². The van der Waals surface area contributed by atoms with Gasteiger partial charge in [-0.2, -0.15) is 0 Å². The maximum Gasteiger partial charge on any atom is 0.222 e. The largest absolute Gasteiger partial charge is 0.378 e. The molecule has 150 valence electrons. The van der Waals surface area contributed by atoms with E-state index in [2.05, 4.69) is 17.6 Å². The third-order valence-corrected chi connectivity index (χ3v) is 3.11. The van der Waals surface area contributed by atoms with Crippen LogP contribution in [0.4, 0.5) is 4.39 Å². The van der Waals surface area contributed by atoms with Gasteiger partial charge in [0, 0.05) is 12.5 Å². The minimum absolute atomic E-state index is 0.0255. The topological polar surface area (TPSA) is 78.1 Å². The van der Waals surface area contributed by atoms with Crippen molar-refractivity contribution in [3.05, 3.63) is 0 Å². The molecule has 0 aliphatic carbocycles. The van der Waals surface area contributed by atoms with Crippen LogP contribution in [0.1, 0.15) is 20.8 Å². The Bertz CT molecular complexity index is 309. The number of halogens is 1. The molecule has 0 fully saturated rings. The summed E-state index contributed by atoms with van der Waals surface area (Å²) in [4.78, 5) is 11.3. The van der Waals surface area contributed by atoms with Gasteiger partial charge in [-0.05, 0) is 6.54 Å². The Labute approximate surface area is 150 Å². The van der Waals surface area contributed by atoms with Gasteiger partial charge >= 0.3 is 0 Å². The number of likely N-dealkylation sites (N-methyl/N-ethyl adjacent to an activating group) is 1. The Hall–Kier alpha value is -0.800. The predicted octanol–water partition coefficient (Wildman–Crippen LogP) is 0.773. The average Bonchev–Trinajstić information content (AvgIpc) is 2.59. The van der Waals surface area contributed by atoms with Crippen LogP contribution >= 0.6 is 0 Å². The second-order valence-corrected chi connectivity index (χ2v) is 5.76. The van der Waals surface area contributed by atoms with Gasteiger partial charge < -0.3 is 29.6 Å². The highest BCUT2D eigenvalue weighted by molar-refractivity contribution is 5.77. The summed E-state index contributed by atoms with van der Waals surface area (Å²) >= 11 is 0. The highest BCUT2D eigenvalue weighted by Crippen LogP contribution is 1.94. The number of carbonyl (C=O) groups excluding carboxylic acids is 1. The van der Waals surface area contributed by atoms with Gasteiger partial charge in [-0.1, -0.05) is 20.8 Å². The van der Waals surface area contributed by atoms with E-state index in [-0.39, 0.29) is 25.0 Å². The SMILES string of the molecule is CCNCCOCCOCCOCCOCC(F)CNC(=O)C(C)C. The first-order valence-electron chi connectivity index (χ1n) is 9.01. The van der Waals surface area contributed by atoms with Crippen LogP contribution in [-0.2, 0) is 23.7 Å². The van der Waals surface area contributed by atoms with Crippen molar-refractivity contribution in [3.63, 3.8) is 0 Å². The number of nitrogens with one attached hydrogen (secondary N) is 2. The van der Waals surface area contributed by atoms with Gasteiger partial charge in [0.2, 0.25) is 5.91 Å². The first-order chi connectivity index (χ1) is 12.1. The normalized spacial score (nSPS) is 12.5. The third kappa shape index (κ3) is 17.8. The van der Waals surface area contributed by atoms with Crippen LogP contribution in [0.3, 0.4) is 0 Å². The van der Waals surface area contributed by atoms with Gasteiger partial charge in [0.05, 0.1) is 59.4 Å². The van der Waals surface area contributed by atoms with Gasteiger partial charge in [0.1, 0.15) is 6.17 Å². The van der Waals surface area contributed by atoms with Crippen molar-refractivity contribution in [1.82, 2.24) is 10.6 Å². The van der Waals surface area contributed by atoms with Crippen LogP contribution < -0.4 is 10.6 Å². The Kier molecular flexibility index (Phi) is 17.4. The van der Waals surface area contributed by atoms with Crippen molar-refractivity contribution in [2.24, 2.45) is 5.92 Å². The molecule has 0 saturated heterocycles. The Morgan fingerprint density at radius 3 is 1.96 bits per heavy atom. The molecule has 0 aliphatic heterocycles. The van der Waals surface area contributed by atoms with Crippen LogP contribution in [0, 0.1) is 5.92 Å². The van der Waals surface area contributed by atoms with E-state index in [0.717, 1.165) is 13.1 Å². The molecule has 0 heterocycles. The lowest BCUT2D eigenvalue weighted by Crippen LogP contribution is -2.35. The number of alkyl halides is 1. The molecule has 25 heavy (non-hydrogen) atoms. The predicted molar refractivity (Wildman–Crippen MR) is 94.6 cm³/mol. The summed E-state index contributed by atoms with van der Waals surface area (Å²) < 4.78 is 34.6. The van der Waals surface area contributed by atoms with Crippen molar-refractivity contribution in [2.45, 2.75) is 26.9 Å². The van der Waals surface area contributed by atoms with Crippen molar-refractivity contribution in [2.75, 3.05) is 72.5 Å². The number of hydrogen-bond acceptors (Lipinski definition) is 6. The number of hydrogen-bond donors (Lipinski definition) is 2. The van der Waals surface area contributed by atoms with Gasteiger partial charge in [-0.25, -0.2) is 4.39 Å². The monoisotopic (exact) mass is 366 g/mol. The molecule has 8 heteroatoms. The van der Waals surface area contributed by atoms with Crippen LogP contribution in [-0.4, -0.2) is 84.6 Å². The molecule has 0 spiro atoms. The third-order valence-electron chi connectivity index (χ3n) is 3.11. The zero-order valence-corrected chi connectivity index (χ0v) is 15.9. The first kappa shape index (κ1) is 24.2. The standard InChI is InChI=1S/C17H35FN2O5/c1-4-19-5-6-22-7-8-23-9-10-24-11-12-25-14-16(18)13-20-17(21)15(2)3/h15-16,19H,4-14H2,1-3H3,(H,20,21). The number of rotatable bonds is 18. The van der Waals surface area contributed by atoms with Crippen molar-refractivity contribution < 1.29 is 28.1 Å². The van der Waals surface area contributed by atoms with E-state index in [9.17, 15) is 9.18 Å². The molecule has 0 aromatic rings. The molecule has 0 bridgehead atoms. The zero-order valence-electron chi connectivity index (χ0n) is 15.9. The Balaban J connectivity index is 3.19. The second kappa shape index (κ2) is 18.0. The number of amides is 1. The molecule has 0 aromatic heterocycles. The average molecular weight is 366 g/mol. The fraction of sp³-hybridized carbons (Fsp3) is 0.941.